The largest absolute Gasteiger partial charge is 0.337 e. The molecule has 0 aliphatic carbocycles. The molecule has 6 heteroatoms. The molecular weight excluding hydrogens is 309 g/mol. The van der Waals surface area contributed by atoms with Crippen molar-refractivity contribution < 1.29 is 13.2 Å². The number of nitrogens with zero attached hydrogens (tertiary/aromatic N) is 1. The van der Waals surface area contributed by atoms with Crippen molar-refractivity contribution in [2.24, 2.45) is 0 Å². The minimum absolute atomic E-state index is 0.175. The third-order valence-corrected chi connectivity index (χ3v) is 2.85. The van der Waals surface area contributed by atoms with Gasteiger partial charge in [0.2, 0.25) is 0 Å². The Morgan fingerprint density at radius 3 is 2.39 bits per heavy atom. The highest BCUT2D eigenvalue weighted by molar-refractivity contribution is 9.10. The first-order valence-electron chi connectivity index (χ1n) is 5.01. The first kappa shape index (κ1) is 12.9. The lowest BCUT2D eigenvalue weighted by atomic mass is 10.2. The molecule has 2 rings (SSSR count). The summed E-state index contributed by atoms with van der Waals surface area (Å²) in [6.45, 7) is 1.85. The molecule has 1 aromatic carbocycles. The second-order valence-electron chi connectivity index (χ2n) is 3.71. The van der Waals surface area contributed by atoms with Crippen molar-refractivity contribution in [1.29, 1.82) is 0 Å². The zero-order valence-corrected chi connectivity index (χ0v) is 10.9. The second kappa shape index (κ2) is 4.97. The highest BCUT2D eigenvalue weighted by atomic mass is 79.9. The number of aromatic nitrogens is 1. The van der Waals surface area contributed by atoms with E-state index in [-0.39, 0.29) is 5.69 Å². The minimum Gasteiger partial charge on any atom is -0.337 e. The summed E-state index contributed by atoms with van der Waals surface area (Å²) in [6.07, 6.45) is 1.57. The second-order valence-corrected chi connectivity index (χ2v) is 4.57. The number of aryl methyl sites for hydroxylation is 1. The fourth-order valence-corrected chi connectivity index (χ4v) is 1.93. The third kappa shape index (κ3) is 2.64. The third-order valence-electron chi connectivity index (χ3n) is 2.24. The van der Waals surface area contributed by atoms with Gasteiger partial charge in [0.25, 0.3) is 0 Å². The Morgan fingerprint density at radius 1 is 1.06 bits per heavy atom. The van der Waals surface area contributed by atoms with Gasteiger partial charge in [-0.2, -0.15) is 0 Å². The van der Waals surface area contributed by atoms with Gasteiger partial charge in [0.15, 0.2) is 11.6 Å². The fraction of sp³-hybridized carbons (Fsp3) is 0.0833. The maximum absolute atomic E-state index is 13.4. The van der Waals surface area contributed by atoms with Crippen molar-refractivity contribution in [3.05, 3.63) is 51.9 Å². The van der Waals surface area contributed by atoms with Crippen molar-refractivity contribution in [2.45, 2.75) is 6.92 Å². The molecular formula is C12H8BrF3N2. The number of rotatable bonds is 2. The van der Waals surface area contributed by atoms with Gasteiger partial charge >= 0.3 is 0 Å². The van der Waals surface area contributed by atoms with Crippen LogP contribution in [0.2, 0.25) is 0 Å². The first-order chi connectivity index (χ1) is 8.47. The zero-order chi connectivity index (χ0) is 13.3. The number of anilines is 2. The fourth-order valence-electron chi connectivity index (χ4n) is 1.37. The molecule has 0 amide bonds. The maximum Gasteiger partial charge on any atom is 0.161 e. The smallest absolute Gasteiger partial charge is 0.161 e. The van der Waals surface area contributed by atoms with E-state index < -0.39 is 17.5 Å². The van der Waals surface area contributed by atoms with Crippen molar-refractivity contribution in [1.82, 2.24) is 4.98 Å². The molecule has 18 heavy (non-hydrogen) atoms. The standard InChI is InChI=1S/C12H8BrF3N2/c1-6-2-7(13)12(17-5-6)18-11-4-9(15)8(14)3-10(11)16/h2-5H,1H3,(H,17,18). The summed E-state index contributed by atoms with van der Waals surface area (Å²) in [6, 6.07) is 3.01. The van der Waals surface area contributed by atoms with Gasteiger partial charge in [-0.1, -0.05) is 0 Å². The van der Waals surface area contributed by atoms with Gasteiger partial charge in [-0.15, -0.1) is 0 Å². The van der Waals surface area contributed by atoms with Gasteiger partial charge < -0.3 is 5.32 Å². The Morgan fingerprint density at radius 2 is 1.72 bits per heavy atom. The molecule has 0 atom stereocenters. The molecule has 0 aliphatic rings. The zero-order valence-electron chi connectivity index (χ0n) is 9.27. The average molecular weight is 317 g/mol. The summed E-state index contributed by atoms with van der Waals surface area (Å²) in [7, 11) is 0. The van der Waals surface area contributed by atoms with E-state index in [0.717, 1.165) is 11.6 Å². The van der Waals surface area contributed by atoms with E-state index >= 15 is 0 Å². The van der Waals surface area contributed by atoms with Crippen molar-refractivity contribution in [3.8, 4) is 0 Å². The number of benzene rings is 1. The summed E-state index contributed by atoms with van der Waals surface area (Å²) in [5.74, 6) is -2.91. The maximum atomic E-state index is 13.4. The lowest BCUT2D eigenvalue weighted by Gasteiger charge is -2.09. The van der Waals surface area contributed by atoms with Crippen LogP contribution in [0.4, 0.5) is 24.7 Å². The van der Waals surface area contributed by atoms with Crippen LogP contribution < -0.4 is 5.32 Å². The molecule has 0 saturated carbocycles. The minimum atomic E-state index is -1.23. The summed E-state index contributed by atoms with van der Waals surface area (Å²) in [5, 5.41) is 2.60. The highest BCUT2D eigenvalue weighted by Gasteiger charge is 2.11. The van der Waals surface area contributed by atoms with Crippen molar-refractivity contribution in [3.63, 3.8) is 0 Å². The van der Waals surface area contributed by atoms with E-state index in [4.69, 9.17) is 0 Å². The predicted molar refractivity (Wildman–Crippen MR) is 66.3 cm³/mol. The molecule has 1 aromatic heterocycles. The SMILES string of the molecule is Cc1cnc(Nc2cc(F)c(F)cc2F)c(Br)c1. The van der Waals surface area contributed by atoms with Crippen LogP contribution in [0.1, 0.15) is 5.56 Å². The molecule has 0 fully saturated rings. The Hall–Kier alpha value is -1.56. The number of pyridine rings is 1. The number of nitrogens with one attached hydrogen (secondary N) is 1. The summed E-state index contributed by atoms with van der Waals surface area (Å²) in [4.78, 5) is 4.03. The molecule has 2 nitrogen and oxygen atoms in total. The van der Waals surface area contributed by atoms with Crippen LogP contribution in [0.3, 0.4) is 0 Å². The van der Waals surface area contributed by atoms with Gasteiger partial charge in [0.1, 0.15) is 11.6 Å². The van der Waals surface area contributed by atoms with Crippen molar-refractivity contribution >= 4 is 27.4 Å². The van der Waals surface area contributed by atoms with Crippen LogP contribution in [0.15, 0.2) is 28.9 Å². The quantitative estimate of drug-likeness (QED) is 0.835. The van der Waals surface area contributed by atoms with Gasteiger partial charge in [-0.25, -0.2) is 18.2 Å². The van der Waals surface area contributed by atoms with E-state index in [0.29, 0.717) is 16.4 Å². The molecule has 0 spiro atoms. The molecule has 2 aromatic rings. The summed E-state index contributed by atoms with van der Waals surface area (Å²) >= 11 is 3.25. The Bertz CT molecular complexity index is 602. The van der Waals surface area contributed by atoms with Gasteiger partial charge in [0.05, 0.1) is 10.2 Å². The van der Waals surface area contributed by atoms with Crippen LogP contribution in [0, 0.1) is 24.4 Å². The first-order valence-corrected chi connectivity index (χ1v) is 5.80. The van der Waals surface area contributed by atoms with Gasteiger partial charge in [0, 0.05) is 18.3 Å². The van der Waals surface area contributed by atoms with E-state index in [1.807, 2.05) is 6.92 Å². The Labute approximate surface area is 110 Å². The van der Waals surface area contributed by atoms with Crippen LogP contribution in [-0.4, -0.2) is 4.98 Å². The van der Waals surface area contributed by atoms with Crippen molar-refractivity contribution in [2.75, 3.05) is 5.32 Å². The van der Waals surface area contributed by atoms with E-state index in [1.54, 1.807) is 12.3 Å². The normalized spacial score (nSPS) is 10.5. The lowest BCUT2D eigenvalue weighted by Crippen LogP contribution is -1.99. The van der Waals surface area contributed by atoms with Crippen LogP contribution in [-0.2, 0) is 0 Å². The molecule has 0 bridgehead atoms. The Kier molecular flexibility index (Phi) is 3.56. The lowest BCUT2D eigenvalue weighted by molar-refractivity contribution is 0.496. The summed E-state index contributed by atoms with van der Waals surface area (Å²) < 4.78 is 39.8. The van der Waals surface area contributed by atoms with Crippen LogP contribution in [0.5, 0.6) is 0 Å². The molecule has 0 unspecified atom stereocenters. The Balaban J connectivity index is 2.37. The number of hydrogen-bond donors (Lipinski definition) is 1. The monoisotopic (exact) mass is 316 g/mol. The van der Waals surface area contributed by atoms with E-state index in [2.05, 4.69) is 26.2 Å². The number of hydrogen-bond acceptors (Lipinski definition) is 2. The van der Waals surface area contributed by atoms with E-state index in [9.17, 15) is 13.2 Å². The molecule has 0 radical (unpaired) electrons. The number of halogens is 4. The molecule has 94 valence electrons. The van der Waals surface area contributed by atoms with Crippen LogP contribution >= 0.6 is 15.9 Å². The highest BCUT2D eigenvalue weighted by Crippen LogP contribution is 2.26. The summed E-state index contributed by atoms with van der Waals surface area (Å²) in [5.41, 5.74) is 0.740. The molecule has 1 N–H and O–H groups in total. The molecule has 1 heterocycles. The van der Waals surface area contributed by atoms with Gasteiger partial charge in [-0.05, 0) is 34.5 Å². The predicted octanol–water partition coefficient (Wildman–Crippen LogP) is 4.31. The van der Waals surface area contributed by atoms with Gasteiger partial charge in [-0.3, -0.25) is 0 Å². The van der Waals surface area contributed by atoms with Crippen LogP contribution in [0.25, 0.3) is 0 Å². The average Bonchev–Trinajstić information content (AvgIpc) is 2.29. The topological polar surface area (TPSA) is 24.9 Å². The molecule has 0 saturated heterocycles. The van der Waals surface area contributed by atoms with E-state index in [1.165, 1.54) is 0 Å². The molecule has 0 aliphatic heterocycles.